The number of hydrogen-bond acceptors (Lipinski definition) is 4. The van der Waals surface area contributed by atoms with Crippen molar-refractivity contribution in [3.63, 3.8) is 0 Å². The number of imidazole rings is 1. The van der Waals surface area contributed by atoms with Crippen molar-refractivity contribution in [2.24, 2.45) is 5.92 Å². The van der Waals surface area contributed by atoms with Gasteiger partial charge in [0.2, 0.25) is 10.0 Å². The number of sulfonamides is 1. The van der Waals surface area contributed by atoms with Crippen molar-refractivity contribution in [1.29, 1.82) is 0 Å². The molecule has 0 unspecified atom stereocenters. The van der Waals surface area contributed by atoms with Crippen LogP contribution in [0.1, 0.15) is 55.8 Å². The number of aromatic amines is 1. The Kier molecular flexibility index (Phi) is 6.77. The first-order valence-electron chi connectivity index (χ1n) is 10.2. The van der Waals surface area contributed by atoms with E-state index >= 15 is 0 Å². The zero-order valence-corrected chi connectivity index (χ0v) is 18.3. The third kappa shape index (κ3) is 5.18. The number of amides is 1. The Morgan fingerprint density at radius 3 is 2.60 bits per heavy atom. The van der Waals surface area contributed by atoms with Crippen LogP contribution in [0.2, 0.25) is 0 Å². The van der Waals surface area contributed by atoms with Gasteiger partial charge in [-0.3, -0.25) is 9.52 Å². The second kappa shape index (κ2) is 9.30. The van der Waals surface area contributed by atoms with E-state index in [1.807, 2.05) is 24.3 Å². The molecule has 0 radical (unpaired) electrons. The van der Waals surface area contributed by atoms with E-state index in [0.717, 1.165) is 17.5 Å². The molecule has 0 aliphatic heterocycles. The number of anilines is 1. The summed E-state index contributed by atoms with van der Waals surface area (Å²) in [5.74, 6) is 0.614. The quantitative estimate of drug-likeness (QED) is 0.474. The summed E-state index contributed by atoms with van der Waals surface area (Å²) < 4.78 is 26.6. The Bertz CT molecular complexity index is 1090. The van der Waals surface area contributed by atoms with E-state index in [4.69, 9.17) is 0 Å². The van der Waals surface area contributed by atoms with Gasteiger partial charge in [0, 0.05) is 11.3 Å². The van der Waals surface area contributed by atoms with Gasteiger partial charge in [0.1, 0.15) is 5.82 Å². The molecule has 8 heteroatoms. The summed E-state index contributed by atoms with van der Waals surface area (Å²) in [5, 5.41) is 3.07. The Morgan fingerprint density at radius 1 is 1.13 bits per heavy atom. The average molecular weight is 429 g/mol. The SMILES string of the molecule is CCCS(=O)(=O)Nc1cccc(C(=O)N[C@@H](c2nc3ccccc3[nH]2)[C@H](C)CC)c1. The fourth-order valence-electron chi connectivity index (χ4n) is 3.28. The van der Waals surface area contributed by atoms with Crippen LogP contribution in [0.25, 0.3) is 11.0 Å². The number of rotatable bonds is 9. The Balaban J connectivity index is 1.83. The van der Waals surface area contributed by atoms with E-state index < -0.39 is 10.0 Å². The number of carbonyl (C=O) groups excluding carboxylic acids is 1. The Labute approximate surface area is 177 Å². The van der Waals surface area contributed by atoms with Crippen LogP contribution in [0.5, 0.6) is 0 Å². The van der Waals surface area contributed by atoms with Crippen LogP contribution in [0.4, 0.5) is 5.69 Å². The van der Waals surface area contributed by atoms with Crippen molar-refractivity contribution in [2.45, 2.75) is 39.7 Å². The van der Waals surface area contributed by atoms with E-state index in [9.17, 15) is 13.2 Å². The summed E-state index contributed by atoms with van der Waals surface area (Å²) in [6.45, 7) is 5.93. The molecule has 3 aromatic rings. The summed E-state index contributed by atoms with van der Waals surface area (Å²) in [4.78, 5) is 20.9. The summed E-state index contributed by atoms with van der Waals surface area (Å²) in [6, 6.07) is 14.0. The minimum Gasteiger partial charge on any atom is -0.342 e. The maximum absolute atomic E-state index is 13.0. The molecule has 3 rings (SSSR count). The zero-order chi connectivity index (χ0) is 21.7. The van der Waals surface area contributed by atoms with Crippen molar-refractivity contribution in [3.8, 4) is 0 Å². The predicted molar refractivity (Wildman–Crippen MR) is 120 cm³/mol. The number of fused-ring (bicyclic) bond motifs is 1. The van der Waals surface area contributed by atoms with Gasteiger partial charge in [0.25, 0.3) is 5.91 Å². The van der Waals surface area contributed by atoms with Gasteiger partial charge < -0.3 is 10.3 Å². The highest BCUT2D eigenvalue weighted by atomic mass is 32.2. The Hall–Kier alpha value is -2.87. The smallest absolute Gasteiger partial charge is 0.251 e. The van der Waals surface area contributed by atoms with E-state index in [1.165, 1.54) is 0 Å². The van der Waals surface area contributed by atoms with E-state index in [1.54, 1.807) is 31.2 Å². The van der Waals surface area contributed by atoms with Crippen molar-refractivity contribution < 1.29 is 13.2 Å². The molecule has 160 valence electrons. The predicted octanol–water partition coefficient (Wildman–Crippen LogP) is 4.23. The minimum atomic E-state index is -3.42. The molecule has 30 heavy (non-hydrogen) atoms. The molecule has 0 spiro atoms. The van der Waals surface area contributed by atoms with E-state index in [-0.39, 0.29) is 23.6 Å². The van der Waals surface area contributed by atoms with Gasteiger partial charge in [0.05, 0.1) is 22.8 Å². The van der Waals surface area contributed by atoms with Crippen molar-refractivity contribution in [1.82, 2.24) is 15.3 Å². The maximum atomic E-state index is 13.0. The van der Waals surface area contributed by atoms with Gasteiger partial charge >= 0.3 is 0 Å². The number of H-pyrrole nitrogens is 1. The van der Waals surface area contributed by atoms with Crippen molar-refractivity contribution in [2.75, 3.05) is 10.5 Å². The number of aromatic nitrogens is 2. The fourth-order valence-corrected chi connectivity index (χ4v) is 4.41. The first-order valence-corrected chi connectivity index (χ1v) is 11.8. The second-order valence-electron chi connectivity index (χ2n) is 7.48. The van der Waals surface area contributed by atoms with Gasteiger partial charge in [-0.2, -0.15) is 0 Å². The summed E-state index contributed by atoms with van der Waals surface area (Å²) >= 11 is 0. The average Bonchev–Trinajstić information content (AvgIpc) is 3.14. The molecule has 0 fully saturated rings. The highest BCUT2D eigenvalue weighted by Crippen LogP contribution is 2.25. The van der Waals surface area contributed by atoms with Crippen LogP contribution >= 0.6 is 0 Å². The molecule has 2 atom stereocenters. The molecule has 0 aliphatic carbocycles. The molecule has 3 N–H and O–H groups in total. The molecule has 1 amide bonds. The van der Waals surface area contributed by atoms with Crippen LogP contribution in [-0.2, 0) is 10.0 Å². The fraction of sp³-hybridized carbons (Fsp3) is 0.364. The minimum absolute atomic E-state index is 0.0333. The largest absolute Gasteiger partial charge is 0.342 e. The Morgan fingerprint density at radius 2 is 1.90 bits per heavy atom. The molecule has 0 aliphatic rings. The van der Waals surface area contributed by atoms with Gasteiger partial charge in [-0.1, -0.05) is 45.4 Å². The molecule has 0 saturated heterocycles. The molecule has 2 aromatic carbocycles. The van der Waals surface area contributed by atoms with Crippen LogP contribution in [0.3, 0.4) is 0 Å². The van der Waals surface area contributed by atoms with Crippen LogP contribution in [-0.4, -0.2) is 30.0 Å². The highest BCUT2D eigenvalue weighted by Gasteiger charge is 2.24. The molecule has 0 bridgehead atoms. The lowest BCUT2D eigenvalue weighted by atomic mass is 9.98. The first kappa shape index (κ1) is 21.8. The third-order valence-corrected chi connectivity index (χ3v) is 6.57. The second-order valence-corrected chi connectivity index (χ2v) is 9.32. The normalized spacial score (nSPS) is 13.7. The number of hydrogen-bond donors (Lipinski definition) is 3. The van der Waals surface area contributed by atoms with E-state index in [2.05, 4.69) is 33.9 Å². The lowest BCUT2D eigenvalue weighted by molar-refractivity contribution is 0.0920. The van der Waals surface area contributed by atoms with Gasteiger partial charge in [-0.15, -0.1) is 0 Å². The van der Waals surface area contributed by atoms with E-state index in [0.29, 0.717) is 23.5 Å². The van der Waals surface area contributed by atoms with Crippen LogP contribution in [0.15, 0.2) is 48.5 Å². The molecular weight excluding hydrogens is 400 g/mol. The van der Waals surface area contributed by atoms with Gasteiger partial charge in [-0.25, -0.2) is 13.4 Å². The molecule has 7 nitrogen and oxygen atoms in total. The standard InChI is InChI=1S/C22H28N4O3S/c1-4-13-30(28,29)26-17-10-8-9-16(14-17)22(27)25-20(15(3)5-2)21-23-18-11-6-7-12-19(18)24-21/h6-12,14-15,20,26H,4-5,13H2,1-3H3,(H,23,24)(H,25,27)/t15-,20-/m1/s1. The summed E-state index contributed by atoms with van der Waals surface area (Å²) in [6.07, 6.45) is 1.38. The number of nitrogens with one attached hydrogen (secondary N) is 3. The van der Waals surface area contributed by atoms with Crippen molar-refractivity contribution >= 4 is 32.7 Å². The topological polar surface area (TPSA) is 104 Å². The maximum Gasteiger partial charge on any atom is 0.251 e. The van der Waals surface area contributed by atoms with Crippen LogP contribution in [0, 0.1) is 5.92 Å². The monoisotopic (exact) mass is 428 g/mol. The van der Waals surface area contributed by atoms with Crippen LogP contribution < -0.4 is 10.0 Å². The lowest BCUT2D eigenvalue weighted by Crippen LogP contribution is -2.33. The summed E-state index contributed by atoms with van der Waals surface area (Å²) in [5.41, 5.74) is 2.53. The lowest BCUT2D eigenvalue weighted by Gasteiger charge is -2.22. The summed E-state index contributed by atoms with van der Waals surface area (Å²) in [7, 11) is -3.42. The molecule has 0 saturated carbocycles. The third-order valence-electron chi connectivity index (χ3n) is 5.07. The number of carbonyl (C=O) groups is 1. The van der Waals surface area contributed by atoms with Gasteiger partial charge in [-0.05, 0) is 42.7 Å². The van der Waals surface area contributed by atoms with Crippen molar-refractivity contribution in [3.05, 3.63) is 59.9 Å². The molecule has 1 aromatic heterocycles. The molecule has 1 heterocycles. The number of para-hydroxylation sites is 2. The first-order chi connectivity index (χ1) is 14.3. The number of benzene rings is 2. The molecular formula is C22H28N4O3S. The number of nitrogens with zero attached hydrogens (tertiary/aromatic N) is 1. The highest BCUT2D eigenvalue weighted by molar-refractivity contribution is 7.92. The zero-order valence-electron chi connectivity index (χ0n) is 17.5. The van der Waals surface area contributed by atoms with Gasteiger partial charge in [0.15, 0.2) is 0 Å².